The maximum atomic E-state index is 11.8. The van der Waals surface area contributed by atoms with Crippen molar-refractivity contribution in [2.45, 2.75) is 19.8 Å². The first-order valence-electron chi connectivity index (χ1n) is 6.08. The second-order valence-electron chi connectivity index (χ2n) is 4.02. The van der Waals surface area contributed by atoms with Gasteiger partial charge in [-0.25, -0.2) is 0 Å². The first kappa shape index (κ1) is 15.5. The molecule has 0 spiro atoms. The summed E-state index contributed by atoms with van der Waals surface area (Å²) in [6.45, 7) is 2.85. The number of amides is 2. The monoisotopic (exact) mass is 328 g/mol. The second-order valence-corrected chi connectivity index (χ2v) is 4.93. The molecule has 1 aromatic rings. The summed E-state index contributed by atoms with van der Waals surface area (Å²) in [7, 11) is 0. The molecular formula is C13H17BrN2O3. The van der Waals surface area contributed by atoms with E-state index in [9.17, 15) is 14.7 Å². The minimum Gasteiger partial charge on any atom is -0.507 e. The molecule has 0 aliphatic rings. The topological polar surface area (TPSA) is 78.4 Å². The summed E-state index contributed by atoms with van der Waals surface area (Å²) in [4.78, 5) is 23.1. The minimum absolute atomic E-state index is 0.0951. The van der Waals surface area contributed by atoms with Crippen LogP contribution in [0.3, 0.4) is 0 Å². The van der Waals surface area contributed by atoms with E-state index >= 15 is 0 Å². The molecule has 0 fully saturated rings. The van der Waals surface area contributed by atoms with Gasteiger partial charge in [0.25, 0.3) is 5.91 Å². The van der Waals surface area contributed by atoms with E-state index in [4.69, 9.17) is 0 Å². The van der Waals surface area contributed by atoms with E-state index in [1.807, 2.05) is 6.92 Å². The van der Waals surface area contributed by atoms with Gasteiger partial charge in [-0.1, -0.05) is 22.9 Å². The molecule has 0 bridgehead atoms. The molecule has 0 radical (unpaired) electrons. The molecule has 0 saturated heterocycles. The first-order valence-corrected chi connectivity index (χ1v) is 6.87. The maximum Gasteiger partial charge on any atom is 0.255 e. The highest BCUT2D eigenvalue weighted by Crippen LogP contribution is 2.21. The van der Waals surface area contributed by atoms with Gasteiger partial charge in [-0.3, -0.25) is 9.59 Å². The Labute approximate surface area is 120 Å². The van der Waals surface area contributed by atoms with Gasteiger partial charge in [0.15, 0.2) is 0 Å². The summed E-state index contributed by atoms with van der Waals surface area (Å²) in [6.07, 6.45) is 1.11. The van der Waals surface area contributed by atoms with Crippen molar-refractivity contribution in [3.05, 3.63) is 28.2 Å². The molecular weight excluding hydrogens is 312 g/mol. The van der Waals surface area contributed by atoms with Gasteiger partial charge in [0, 0.05) is 24.0 Å². The SMILES string of the molecule is CCCNC(=O)CCNC(=O)c1ccc(Br)cc1O. The maximum absolute atomic E-state index is 11.8. The fourth-order valence-electron chi connectivity index (χ4n) is 1.43. The van der Waals surface area contributed by atoms with Crippen LogP contribution in [0.15, 0.2) is 22.7 Å². The number of carbonyl (C=O) groups excluding carboxylic acids is 2. The normalized spacial score (nSPS) is 10.0. The van der Waals surface area contributed by atoms with E-state index in [0.29, 0.717) is 11.0 Å². The van der Waals surface area contributed by atoms with Gasteiger partial charge in [-0.2, -0.15) is 0 Å². The lowest BCUT2D eigenvalue weighted by molar-refractivity contribution is -0.120. The Morgan fingerprint density at radius 3 is 2.63 bits per heavy atom. The molecule has 0 aromatic heterocycles. The lowest BCUT2D eigenvalue weighted by Gasteiger charge is -2.07. The van der Waals surface area contributed by atoms with Crippen molar-refractivity contribution in [2.24, 2.45) is 0 Å². The molecule has 0 aliphatic carbocycles. The Bertz CT molecular complexity index is 463. The standard InChI is InChI=1S/C13H17BrN2O3/c1-2-6-15-12(18)5-7-16-13(19)10-4-3-9(14)8-11(10)17/h3-4,8,17H,2,5-7H2,1H3,(H,15,18)(H,16,19). The molecule has 1 rings (SSSR count). The number of benzene rings is 1. The van der Waals surface area contributed by atoms with Crippen LogP contribution in [0, 0.1) is 0 Å². The number of rotatable bonds is 6. The van der Waals surface area contributed by atoms with Gasteiger partial charge in [0.05, 0.1) is 5.56 Å². The highest BCUT2D eigenvalue weighted by Gasteiger charge is 2.11. The molecule has 3 N–H and O–H groups in total. The smallest absolute Gasteiger partial charge is 0.255 e. The fourth-order valence-corrected chi connectivity index (χ4v) is 1.78. The van der Waals surface area contributed by atoms with Crippen LogP contribution in [-0.4, -0.2) is 30.0 Å². The van der Waals surface area contributed by atoms with Crippen LogP contribution < -0.4 is 10.6 Å². The van der Waals surface area contributed by atoms with Crippen molar-refractivity contribution in [3.63, 3.8) is 0 Å². The molecule has 6 heteroatoms. The van der Waals surface area contributed by atoms with Crippen LogP contribution >= 0.6 is 15.9 Å². The number of hydrogen-bond donors (Lipinski definition) is 3. The number of nitrogens with one attached hydrogen (secondary N) is 2. The van der Waals surface area contributed by atoms with Crippen LogP contribution in [0.1, 0.15) is 30.1 Å². The third-order valence-electron chi connectivity index (χ3n) is 2.41. The molecule has 0 atom stereocenters. The molecule has 19 heavy (non-hydrogen) atoms. The Hall–Kier alpha value is -1.56. The summed E-state index contributed by atoms with van der Waals surface area (Å²) >= 11 is 3.20. The van der Waals surface area contributed by atoms with Gasteiger partial charge in [0.2, 0.25) is 5.91 Å². The zero-order valence-electron chi connectivity index (χ0n) is 10.7. The number of phenolic OH excluding ortho intramolecular Hbond substituents is 1. The van der Waals surface area contributed by atoms with Crippen molar-refractivity contribution in [1.82, 2.24) is 10.6 Å². The predicted octanol–water partition coefficient (Wildman–Crippen LogP) is 1.80. The Morgan fingerprint density at radius 2 is 2.00 bits per heavy atom. The third kappa shape index (κ3) is 5.30. The summed E-state index contributed by atoms with van der Waals surface area (Å²) in [5.74, 6) is -0.585. The van der Waals surface area contributed by atoms with Crippen LogP contribution in [0.5, 0.6) is 5.75 Å². The number of halogens is 1. The highest BCUT2D eigenvalue weighted by atomic mass is 79.9. The second kappa shape index (κ2) is 7.78. The lowest BCUT2D eigenvalue weighted by atomic mass is 10.2. The van der Waals surface area contributed by atoms with Gasteiger partial charge >= 0.3 is 0 Å². The third-order valence-corrected chi connectivity index (χ3v) is 2.91. The summed E-state index contributed by atoms with van der Waals surface area (Å²) in [5.41, 5.74) is 0.192. The summed E-state index contributed by atoms with van der Waals surface area (Å²) in [5, 5.41) is 14.9. The summed E-state index contributed by atoms with van der Waals surface area (Å²) < 4.78 is 0.695. The van der Waals surface area contributed by atoms with Crippen molar-refractivity contribution < 1.29 is 14.7 Å². The average molecular weight is 329 g/mol. The van der Waals surface area contributed by atoms with E-state index in [1.54, 1.807) is 6.07 Å². The van der Waals surface area contributed by atoms with Crippen LogP contribution in [0.2, 0.25) is 0 Å². The van der Waals surface area contributed by atoms with Crippen molar-refractivity contribution >= 4 is 27.7 Å². The number of hydrogen-bond acceptors (Lipinski definition) is 3. The minimum atomic E-state index is -0.395. The van der Waals surface area contributed by atoms with E-state index in [0.717, 1.165) is 6.42 Å². The van der Waals surface area contributed by atoms with Gasteiger partial charge in [-0.05, 0) is 24.6 Å². The lowest BCUT2D eigenvalue weighted by Crippen LogP contribution is -2.31. The zero-order valence-corrected chi connectivity index (χ0v) is 12.3. The molecule has 0 aliphatic heterocycles. The molecule has 5 nitrogen and oxygen atoms in total. The van der Waals surface area contributed by atoms with E-state index < -0.39 is 5.91 Å². The molecule has 104 valence electrons. The molecule has 0 heterocycles. The van der Waals surface area contributed by atoms with Gasteiger partial charge in [0.1, 0.15) is 5.75 Å². The van der Waals surface area contributed by atoms with Crippen molar-refractivity contribution in [2.75, 3.05) is 13.1 Å². The van der Waals surface area contributed by atoms with Crippen molar-refractivity contribution in [3.8, 4) is 5.75 Å². The quantitative estimate of drug-likeness (QED) is 0.745. The van der Waals surface area contributed by atoms with E-state index in [2.05, 4.69) is 26.6 Å². The van der Waals surface area contributed by atoms with E-state index in [1.165, 1.54) is 12.1 Å². The molecule has 0 saturated carbocycles. The van der Waals surface area contributed by atoms with Gasteiger partial charge < -0.3 is 15.7 Å². The predicted molar refractivity (Wildman–Crippen MR) is 76.1 cm³/mol. The van der Waals surface area contributed by atoms with Crippen LogP contribution in [-0.2, 0) is 4.79 Å². The largest absolute Gasteiger partial charge is 0.507 e. The Morgan fingerprint density at radius 1 is 1.26 bits per heavy atom. The highest BCUT2D eigenvalue weighted by molar-refractivity contribution is 9.10. The zero-order chi connectivity index (χ0) is 14.3. The van der Waals surface area contributed by atoms with E-state index in [-0.39, 0.29) is 30.2 Å². The molecule has 1 aromatic carbocycles. The number of carbonyl (C=O) groups is 2. The summed E-state index contributed by atoms with van der Waals surface area (Å²) in [6, 6.07) is 4.64. The first-order chi connectivity index (χ1) is 9.04. The molecule has 0 unspecified atom stereocenters. The van der Waals surface area contributed by atoms with Crippen molar-refractivity contribution in [1.29, 1.82) is 0 Å². The average Bonchev–Trinajstić information content (AvgIpc) is 2.36. The van der Waals surface area contributed by atoms with Crippen LogP contribution in [0.4, 0.5) is 0 Å². The molecule has 2 amide bonds. The number of phenols is 1. The van der Waals surface area contributed by atoms with Gasteiger partial charge in [-0.15, -0.1) is 0 Å². The Kier molecular flexibility index (Phi) is 6.35. The number of aromatic hydroxyl groups is 1. The van der Waals surface area contributed by atoms with Crippen LogP contribution in [0.25, 0.3) is 0 Å². The fraction of sp³-hybridized carbons (Fsp3) is 0.385. The Balaban J connectivity index is 2.41.